The molecule has 2 aliphatic heterocycles. The molecular formula is C49H52F3N8O6P. The summed E-state index contributed by atoms with van der Waals surface area (Å²) >= 11 is 0. The lowest BCUT2D eigenvalue weighted by molar-refractivity contribution is 0.0663. The number of aromatic amines is 1. The van der Waals surface area contributed by atoms with E-state index in [-0.39, 0.29) is 53.1 Å². The summed E-state index contributed by atoms with van der Waals surface area (Å²) in [5.41, 5.74) is 3.05. The maximum absolute atomic E-state index is 15.5. The molecule has 1 saturated carbocycles. The van der Waals surface area contributed by atoms with Crippen molar-refractivity contribution in [2.45, 2.75) is 91.1 Å². The molecule has 18 heteroatoms. The number of alkyl halides is 2. The van der Waals surface area contributed by atoms with Crippen molar-refractivity contribution in [3.63, 3.8) is 0 Å². The van der Waals surface area contributed by atoms with Gasteiger partial charge < -0.3 is 18.8 Å². The van der Waals surface area contributed by atoms with Crippen LogP contribution in [0.5, 0.6) is 0 Å². The lowest BCUT2D eigenvalue weighted by Gasteiger charge is -2.34. The third-order valence-electron chi connectivity index (χ3n) is 14.6. The minimum atomic E-state index is -3.11. The lowest BCUT2D eigenvalue weighted by Crippen LogP contribution is -2.41. The van der Waals surface area contributed by atoms with E-state index < -0.39 is 36.6 Å². The van der Waals surface area contributed by atoms with Crippen molar-refractivity contribution in [3.05, 3.63) is 139 Å². The van der Waals surface area contributed by atoms with E-state index in [9.17, 15) is 22.9 Å². The van der Waals surface area contributed by atoms with Gasteiger partial charge >= 0.3 is 11.4 Å². The van der Waals surface area contributed by atoms with Crippen LogP contribution in [-0.4, -0.2) is 76.5 Å². The third-order valence-corrected chi connectivity index (χ3v) is 18.0. The highest BCUT2D eigenvalue weighted by Gasteiger charge is 2.59. The zero-order valence-corrected chi connectivity index (χ0v) is 39.1. The van der Waals surface area contributed by atoms with Crippen LogP contribution in [0.3, 0.4) is 0 Å². The molecule has 3 unspecified atom stereocenters. The smallest absolute Gasteiger partial charge is 0.381 e. The van der Waals surface area contributed by atoms with Gasteiger partial charge in [0.25, 0.3) is 12.3 Å². The Morgan fingerprint density at radius 1 is 0.955 bits per heavy atom. The monoisotopic (exact) mass is 936 g/mol. The van der Waals surface area contributed by atoms with Gasteiger partial charge in [-0.05, 0) is 117 Å². The van der Waals surface area contributed by atoms with Gasteiger partial charge in [0, 0.05) is 78.2 Å². The summed E-state index contributed by atoms with van der Waals surface area (Å²) in [7, 11) is -3.11. The van der Waals surface area contributed by atoms with Crippen LogP contribution in [-0.2, 0) is 21.3 Å². The molecule has 1 aliphatic carbocycles. The summed E-state index contributed by atoms with van der Waals surface area (Å²) in [4.78, 5) is 47.2. The quantitative estimate of drug-likeness (QED) is 0.127. The summed E-state index contributed by atoms with van der Waals surface area (Å²) in [6, 6.07) is 15.0. The Bertz CT molecular complexity index is 3250. The van der Waals surface area contributed by atoms with E-state index in [4.69, 9.17) is 14.4 Å². The van der Waals surface area contributed by atoms with E-state index >= 15 is 9.18 Å². The first-order chi connectivity index (χ1) is 32.1. The summed E-state index contributed by atoms with van der Waals surface area (Å²) < 4.78 is 75.1. The van der Waals surface area contributed by atoms with Gasteiger partial charge in [0.15, 0.2) is 5.82 Å². The standard InChI is InChI=1S/C49H52F3N8O6P/c1-7-67(64,8-2)40-12-10-34(25-36(40)43(51)52)57-17-18-58(48(57)63)44-41-30(6)56(16-13-37(41)54-60(44)35-21-27(3)42(50)28(4)22-35)45(61)39-24-33-23-32(31-14-19-65-20-15-31)9-11-38(33)59(39)49(26-29(49)5)46-53-47(62)66-55-46/h9-12,17-18,21-25,29-31,43H,7-8,13-16,19-20,26H2,1-6H3,(H,53,55,62). The molecule has 0 spiro atoms. The number of benzene rings is 3. The highest BCUT2D eigenvalue weighted by molar-refractivity contribution is 7.71. The molecule has 3 aromatic carbocycles. The van der Waals surface area contributed by atoms with Gasteiger partial charge in [-0.3, -0.25) is 23.4 Å². The Morgan fingerprint density at radius 2 is 1.66 bits per heavy atom. The fourth-order valence-electron chi connectivity index (χ4n) is 10.8. The fraction of sp³-hybridized carbons (Fsp3) is 0.408. The maximum atomic E-state index is 15.5. The Kier molecular flexibility index (Phi) is 11.0. The van der Waals surface area contributed by atoms with Crippen LogP contribution < -0.4 is 16.8 Å². The topological polar surface area (TPSA) is 155 Å². The highest BCUT2D eigenvalue weighted by Crippen LogP contribution is 2.56. The van der Waals surface area contributed by atoms with E-state index in [0.717, 1.165) is 29.3 Å². The van der Waals surface area contributed by atoms with Crippen molar-refractivity contribution in [1.29, 1.82) is 0 Å². The van der Waals surface area contributed by atoms with Gasteiger partial charge in [0.1, 0.15) is 30.0 Å². The first-order valence-electron chi connectivity index (χ1n) is 22.9. The average Bonchev–Trinajstić information content (AvgIpc) is 3.82. The molecule has 350 valence electrons. The molecule has 0 radical (unpaired) electrons. The number of nitrogens with zero attached hydrogens (tertiary/aromatic N) is 7. The molecule has 2 fully saturated rings. The van der Waals surface area contributed by atoms with Gasteiger partial charge in [-0.15, -0.1) is 0 Å². The predicted molar refractivity (Wildman–Crippen MR) is 247 cm³/mol. The van der Waals surface area contributed by atoms with Crippen molar-refractivity contribution in [2.24, 2.45) is 5.92 Å². The second-order valence-corrected chi connectivity index (χ2v) is 21.9. The molecule has 1 saturated heterocycles. The van der Waals surface area contributed by atoms with Gasteiger partial charge in [-0.1, -0.05) is 32.0 Å². The molecule has 14 nitrogen and oxygen atoms in total. The number of aryl methyl sites for hydroxylation is 2. The van der Waals surface area contributed by atoms with Gasteiger partial charge in [0.05, 0.1) is 23.1 Å². The number of imidazole rings is 1. The molecule has 67 heavy (non-hydrogen) atoms. The van der Waals surface area contributed by atoms with Gasteiger partial charge in [0.2, 0.25) is 0 Å². The van der Waals surface area contributed by atoms with Crippen molar-refractivity contribution in [1.82, 2.24) is 38.5 Å². The number of carbonyl (C=O) groups is 1. The number of amides is 1. The molecular weight excluding hydrogens is 885 g/mol. The van der Waals surface area contributed by atoms with Gasteiger partial charge in [-0.25, -0.2) is 27.4 Å². The first-order valence-corrected chi connectivity index (χ1v) is 25.0. The van der Waals surface area contributed by atoms with E-state index in [1.165, 1.54) is 39.7 Å². The number of aromatic nitrogens is 7. The predicted octanol–water partition coefficient (Wildman–Crippen LogP) is 8.60. The molecule has 6 heterocycles. The van der Waals surface area contributed by atoms with Crippen LogP contribution in [0, 0.1) is 25.6 Å². The van der Waals surface area contributed by atoms with Crippen molar-refractivity contribution < 1.29 is 31.8 Å². The molecule has 10 rings (SSSR count). The Labute approximate surface area is 383 Å². The van der Waals surface area contributed by atoms with Crippen LogP contribution >= 0.6 is 7.14 Å². The van der Waals surface area contributed by atoms with Crippen LogP contribution in [0.1, 0.15) is 115 Å². The first kappa shape index (κ1) is 44.6. The molecule has 3 aliphatic rings. The van der Waals surface area contributed by atoms with Gasteiger partial charge in [-0.2, -0.15) is 5.10 Å². The van der Waals surface area contributed by atoms with E-state index in [1.807, 2.05) is 30.5 Å². The second kappa shape index (κ2) is 16.5. The SMILES string of the molecule is CCP(=O)(CC)c1ccc(-n2ccn(-c3c4c(nn3-c3cc(C)c(F)c(C)c3)CCN(C(=O)c3cc5cc(C6CCOCC6)ccc5n3C3(c5noc(=O)[nH]5)CC3C)C4C)c2=O)cc1C(F)F. The minimum absolute atomic E-state index is 0.0184. The van der Waals surface area contributed by atoms with E-state index in [2.05, 4.69) is 22.3 Å². The number of hydrogen-bond donors (Lipinski definition) is 1. The van der Waals surface area contributed by atoms with Crippen LogP contribution in [0.2, 0.25) is 0 Å². The summed E-state index contributed by atoms with van der Waals surface area (Å²) in [6.07, 6.45) is 3.17. The zero-order chi connectivity index (χ0) is 47.3. The van der Waals surface area contributed by atoms with Crippen molar-refractivity contribution >= 4 is 29.3 Å². The normalized spacial score (nSPS) is 20.0. The second-order valence-electron chi connectivity index (χ2n) is 18.3. The third kappa shape index (κ3) is 7.10. The minimum Gasteiger partial charge on any atom is -0.381 e. The molecule has 7 aromatic rings. The van der Waals surface area contributed by atoms with Crippen LogP contribution in [0.15, 0.2) is 81.1 Å². The molecule has 1 amide bonds. The fourth-order valence-corrected chi connectivity index (χ4v) is 12.9. The Hall–Kier alpha value is -6.19. The lowest BCUT2D eigenvalue weighted by atomic mass is 9.91. The van der Waals surface area contributed by atoms with Crippen LogP contribution in [0.25, 0.3) is 28.1 Å². The largest absolute Gasteiger partial charge is 0.438 e. The zero-order valence-electron chi connectivity index (χ0n) is 38.2. The molecule has 4 aromatic heterocycles. The summed E-state index contributed by atoms with van der Waals surface area (Å²) in [5, 5.41) is 10.2. The number of rotatable bonds is 11. The average molecular weight is 937 g/mol. The maximum Gasteiger partial charge on any atom is 0.438 e. The molecule has 3 atom stereocenters. The van der Waals surface area contributed by atoms with Crippen molar-refractivity contribution in [3.8, 4) is 17.2 Å². The number of halogens is 3. The van der Waals surface area contributed by atoms with Crippen molar-refractivity contribution in [2.75, 3.05) is 32.1 Å². The Morgan fingerprint density at radius 3 is 2.30 bits per heavy atom. The number of fused-ring (bicyclic) bond motifs is 2. The van der Waals surface area contributed by atoms with Crippen LogP contribution in [0.4, 0.5) is 13.2 Å². The number of ether oxygens (including phenoxy) is 1. The number of nitrogens with one attached hydrogen (secondary N) is 1. The van der Waals surface area contributed by atoms with E-state index in [1.54, 1.807) is 49.4 Å². The highest BCUT2D eigenvalue weighted by atomic mass is 31.2. The van der Waals surface area contributed by atoms with E-state index in [0.29, 0.717) is 77.4 Å². The number of carbonyl (C=O) groups excluding carboxylic acids is 1. The molecule has 1 N–H and O–H groups in total. The summed E-state index contributed by atoms with van der Waals surface area (Å²) in [6.45, 7) is 12.3. The number of hydrogen-bond acceptors (Lipinski definition) is 8. The summed E-state index contributed by atoms with van der Waals surface area (Å²) in [5.74, 6) is -0.448. The molecule has 0 bridgehead atoms. The number of H-pyrrole nitrogens is 1. The Balaban J connectivity index is 1.12.